The quantitative estimate of drug-likeness (QED) is 0.0635. The van der Waals surface area contributed by atoms with E-state index >= 15 is 0 Å². The highest BCUT2D eigenvalue weighted by atomic mass is 32.1. The van der Waals surface area contributed by atoms with E-state index in [1.807, 2.05) is 66.3 Å². The first-order valence-electron chi connectivity index (χ1n) is 23.8. The van der Waals surface area contributed by atoms with Crippen molar-refractivity contribution in [1.82, 2.24) is 8.80 Å². The van der Waals surface area contributed by atoms with Crippen molar-refractivity contribution in [3.05, 3.63) is 128 Å². The number of rotatable bonds is 18. The molecule has 0 radical (unpaired) electrons. The van der Waals surface area contributed by atoms with Crippen LogP contribution in [0.1, 0.15) is 101 Å². The first-order chi connectivity index (χ1) is 32.4. The van der Waals surface area contributed by atoms with Crippen LogP contribution in [0.25, 0.3) is 103 Å². The summed E-state index contributed by atoms with van der Waals surface area (Å²) in [6.07, 6.45) is 18.2. The van der Waals surface area contributed by atoms with Crippen LogP contribution in [0.2, 0.25) is 0 Å². The van der Waals surface area contributed by atoms with Gasteiger partial charge >= 0.3 is 0 Å². The molecule has 12 aromatic rings. The Balaban J connectivity index is 0.837. The summed E-state index contributed by atoms with van der Waals surface area (Å²) in [7, 11) is 0. The average Bonchev–Trinajstić information content (AvgIpc) is 4.17. The molecule has 10 aromatic heterocycles. The molecule has 66 heavy (non-hydrogen) atoms. The number of fused-ring (bicyclic) bond motifs is 8. The first-order valence-corrected chi connectivity index (χ1v) is 28.7. The molecule has 0 amide bonds. The molecule has 0 atom stereocenters. The summed E-state index contributed by atoms with van der Waals surface area (Å²) in [5, 5.41) is 5.11. The van der Waals surface area contributed by atoms with E-state index in [0.717, 1.165) is 53.0 Å². The number of hydrogen-bond donors (Lipinski definition) is 0. The van der Waals surface area contributed by atoms with Gasteiger partial charge in [-0.3, -0.25) is 18.4 Å². The third-order valence-corrected chi connectivity index (χ3v) is 21.0. The highest BCUT2D eigenvalue weighted by Gasteiger charge is 2.23. The first kappa shape index (κ1) is 42.7. The molecule has 0 aliphatic heterocycles. The third-order valence-electron chi connectivity index (χ3n) is 13.6. The Morgan fingerprint density at radius 3 is 1.15 bits per heavy atom. The molecule has 0 N–H and O–H groups in total. The molecular formula is C56H50N2O2S6. The SMILES string of the molecule is CCCCCCCCc1ccc(-c2ccc(-c3cc4c(cc5c6ccc7c(=O)n8c9cc(-c%10ccc(-c%11ccc(CCCCCCCC)s%11)s%10)sc9cc8c8ccc(c(=O)n45)c6c78)s3)s2)s1. The van der Waals surface area contributed by atoms with Crippen LogP contribution in [-0.4, -0.2) is 8.80 Å². The van der Waals surface area contributed by atoms with E-state index in [2.05, 4.69) is 98.8 Å². The van der Waals surface area contributed by atoms with Gasteiger partial charge in [-0.1, -0.05) is 90.2 Å². The van der Waals surface area contributed by atoms with Crippen LogP contribution < -0.4 is 11.1 Å². The van der Waals surface area contributed by atoms with Crippen LogP contribution in [0.4, 0.5) is 0 Å². The van der Waals surface area contributed by atoms with E-state index in [1.165, 1.54) is 139 Å². The average molecular weight is 975 g/mol. The van der Waals surface area contributed by atoms with E-state index in [1.54, 1.807) is 22.7 Å². The van der Waals surface area contributed by atoms with E-state index < -0.39 is 0 Å². The maximum Gasteiger partial charge on any atom is 0.263 e. The molecule has 0 aliphatic rings. The van der Waals surface area contributed by atoms with Crippen molar-refractivity contribution in [3.63, 3.8) is 0 Å². The van der Waals surface area contributed by atoms with Gasteiger partial charge in [-0.25, -0.2) is 0 Å². The number of hydrogen-bond acceptors (Lipinski definition) is 8. The molecule has 12 rings (SSSR count). The Morgan fingerprint density at radius 2 is 0.712 bits per heavy atom. The molecule has 0 aliphatic carbocycles. The molecule has 0 spiro atoms. The van der Waals surface area contributed by atoms with E-state index in [9.17, 15) is 9.59 Å². The number of unbranched alkanes of at least 4 members (excludes halogenated alkanes) is 10. The summed E-state index contributed by atoms with van der Waals surface area (Å²) < 4.78 is 6.01. The zero-order valence-corrected chi connectivity index (χ0v) is 42.2. The van der Waals surface area contributed by atoms with Crippen molar-refractivity contribution < 1.29 is 0 Å². The van der Waals surface area contributed by atoms with Gasteiger partial charge in [0.15, 0.2) is 0 Å². The minimum absolute atomic E-state index is 0.0326. The Bertz CT molecular complexity index is 3570. The molecule has 10 heterocycles. The van der Waals surface area contributed by atoms with Crippen molar-refractivity contribution in [2.24, 2.45) is 0 Å². The van der Waals surface area contributed by atoms with Crippen molar-refractivity contribution in [2.75, 3.05) is 0 Å². The Morgan fingerprint density at radius 1 is 0.348 bits per heavy atom. The molecule has 332 valence electrons. The molecule has 0 saturated heterocycles. The van der Waals surface area contributed by atoms with Crippen LogP contribution in [-0.2, 0) is 12.8 Å². The van der Waals surface area contributed by atoms with Crippen LogP contribution >= 0.6 is 68.0 Å². The number of pyridine rings is 2. The van der Waals surface area contributed by atoms with Gasteiger partial charge in [-0.15, -0.1) is 68.0 Å². The van der Waals surface area contributed by atoms with Gasteiger partial charge in [0.25, 0.3) is 11.1 Å². The molecular weight excluding hydrogens is 925 g/mol. The van der Waals surface area contributed by atoms with Crippen LogP contribution in [0, 0.1) is 0 Å². The Labute approximate surface area is 407 Å². The highest BCUT2D eigenvalue weighted by Crippen LogP contribution is 2.46. The van der Waals surface area contributed by atoms with E-state index in [0.29, 0.717) is 10.8 Å². The van der Waals surface area contributed by atoms with Crippen molar-refractivity contribution >= 4 is 132 Å². The predicted octanol–water partition coefficient (Wildman–Crippen LogP) is 18.4. The van der Waals surface area contributed by atoms with Gasteiger partial charge in [0.2, 0.25) is 0 Å². The van der Waals surface area contributed by atoms with Gasteiger partial charge in [0, 0.05) is 81.1 Å². The molecule has 0 fully saturated rings. The molecule has 4 nitrogen and oxygen atoms in total. The van der Waals surface area contributed by atoms with Gasteiger partial charge in [-0.2, -0.15) is 0 Å². The van der Waals surface area contributed by atoms with Gasteiger partial charge in [0.05, 0.1) is 31.5 Å². The van der Waals surface area contributed by atoms with Crippen molar-refractivity contribution in [2.45, 2.75) is 104 Å². The van der Waals surface area contributed by atoms with Gasteiger partial charge in [-0.05, 0) is 111 Å². The number of thiophene rings is 6. The summed E-state index contributed by atoms with van der Waals surface area (Å²) in [6, 6.07) is 35.1. The van der Waals surface area contributed by atoms with Crippen LogP contribution in [0.15, 0.2) is 107 Å². The number of aromatic nitrogens is 2. The second kappa shape index (κ2) is 17.8. The Hall–Kier alpha value is -4.68. The predicted molar refractivity (Wildman–Crippen MR) is 294 cm³/mol. The monoisotopic (exact) mass is 974 g/mol. The third kappa shape index (κ3) is 7.38. The highest BCUT2D eigenvalue weighted by molar-refractivity contribution is 7.29. The maximum absolute atomic E-state index is 14.6. The second-order valence-electron chi connectivity index (χ2n) is 18.0. The van der Waals surface area contributed by atoms with Gasteiger partial charge < -0.3 is 0 Å². The van der Waals surface area contributed by atoms with E-state index in [4.69, 9.17) is 0 Å². The molecule has 0 unspecified atom stereocenters. The molecule has 2 aromatic carbocycles. The lowest BCUT2D eigenvalue weighted by Crippen LogP contribution is -2.16. The summed E-state index contributed by atoms with van der Waals surface area (Å²) in [5.41, 5.74) is 3.63. The summed E-state index contributed by atoms with van der Waals surface area (Å²) in [6.45, 7) is 4.55. The number of aryl methyl sites for hydroxylation is 2. The van der Waals surface area contributed by atoms with Crippen LogP contribution in [0.5, 0.6) is 0 Å². The lowest BCUT2D eigenvalue weighted by molar-refractivity contribution is 0.609. The summed E-state index contributed by atoms with van der Waals surface area (Å²) in [5.74, 6) is 0. The fraction of sp³-hybridized carbons (Fsp3) is 0.286. The topological polar surface area (TPSA) is 43.0 Å². The van der Waals surface area contributed by atoms with Crippen molar-refractivity contribution in [1.29, 1.82) is 0 Å². The summed E-state index contributed by atoms with van der Waals surface area (Å²) >= 11 is 11.0. The largest absolute Gasteiger partial charge is 0.275 e. The lowest BCUT2D eigenvalue weighted by atomic mass is 9.95. The second-order valence-corrected chi connectivity index (χ2v) is 24.7. The zero-order chi connectivity index (χ0) is 44.5. The number of benzene rings is 2. The lowest BCUT2D eigenvalue weighted by Gasteiger charge is -2.13. The normalized spacial score (nSPS) is 12.5. The number of nitrogens with zero attached hydrogens (tertiary/aromatic N) is 2. The standard InChI is InChI=1S/C56H50N2O2S6/c1-3-5-7-9-11-13-15-33-17-23-43(61-33)45-25-27-47(63-45)51-31-41-49(65-51)29-39-35-19-22-38-54-36(20-21-37(53(35)54)55(59)57(39)41)40-30-50-42(58(40)56(38)60)32-52(66-50)48-28-26-46(64-48)44-24-18-34(62-44)16-14-12-10-8-6-4-2/h17-32H,3-16H2,1-2H3. The molecule has 10 heteroatoms. The van der Waals surface area contributed by atoms with Crippen molar-refractivity contribution in [3.8, 4) is 39.0 Å². The smallest absolute Gasteiger partial charge is 0.263 e. The zero-order valence-electron chi connectivity index (χ0n) is 37.3. The molecule has 0 bridgehead atoms. The fourth-order valence-electron chi connectivity index (χ4n) is 10.2. The summed E-state index contributed by atoms with van der Waals surface area (Å²) in [4.78, 5) is 42.3. The van der Waals surface area contributed by atoms with E-state index in [-0.39, 0.29) is 11.1 Å². The van der Waals surface area contributed by atoms with Crippen LogP contribution in [0.3, 0.4) is 0 Å². The maximum atomic E-state index is 14.6. The fourth-order valence-corrected chi connectivity index (χ4v) is 16.9. The molecule has 0 saturated carbocycles. The van der Waals surface area contributed by atoms with Gasteiger partial charge in [0.1, 0.15) is 0 Å². The Kier molecular flexibility index (Phi) is 11.5. The minimum Gasteiger partial charge on any atom is -0.275 e. The minimum atomic E-state index is -0.0326.